The van der Waals surface area contributed by atoms with Crippen molar-refractivity contribution < 1.29 is 4.79 Å². The van der Waals surface area contributed by atoms with Crippen molar-refractivity contribution in [1.29, 1.82) is 0 Å². The Bertz CT molecular complexity index is 470. The Labute approximate surface area is 137 Å². The van der Waals surface area contributed by atoms with Gasteiger partial charge in [-0.3, -0.25) is 4.79 Å². The van der Waals surface area contributed by atoms with E-state index in [1.807, 2.05) is 11.6 Å². The van der Waals surface area contributed by atoms with Crippen LogP contribution in [-0.4, -0.2) is 35.4 Å². The number of carbonyl (C=O) groups is 1. The lowest BCUT2D eigenvalue weighted by atomic mass is 9.83. The number of carbonyl (C=O) groups excluding carboxylic acids is 1. The van der Waals surface area contributed by atoms with E-state index in [0.29, 0.717) is 24.2 Å². The summed E-state index contributed by atoms with van der Waals surface area (Å²) in [7, 11) is 0. The topological polar surface area (TPSA) is 45.2 Å². The largest absolute Gasteiger partial charge is 0.333 e. The van der Waals surface area contributed by atoms with Gasteiger partial charge in [-0.1, -0.05) is 6.92 Å². The van der Waals surface area contributed by atoms with Gasteiger partial charge in [0, 0.05) is 24.5 Å². The molecule has 2 aliphatic heterocycles. The maximum Gasteiger partial charge on any atom is 0.223 e. The maximum absolute atomic E-state index is 12.8. The van der Waals surface area contributed by atoms with Crippen molar-refractivity contribution in [3.63, 3.8) is 0 Å². The quantitative estimate of drug-likeness (QED) is 0.926. The van der Waals surface area contributed by atoms with E-state index in [1.54, 1.807) is 11.3 Å². The van der Waals surface area contributed by atoms with Crippen molar-refractivity contribution in [2.45, 2.75) is 51.5 Å². The SMILES string of the molecule is CC(CC(=O)N1CCCCC1c1nccs1)C1CCNCC1. The molecule has 1 aromatic heterocycles. The molecule has 2 unspecified atom stereocenters. The maximum atomic E-state index is 12.8. The Morgan fingerprint density at radius 2 is 2.23 bits per heavy atom. The van der Waals surface area contributed by atoms with Gasteiger partial charge in [0.1, 0.15) is 5.01 Å². The highest BCUT2D eigenvalue weighted by atomic mass is 32.1. The fourth-order valence-corrected chi connectivity index (χ4v) is 4.64. The molecule has 3 heterocycles. The zero-order chi connectivity index (χ0) is 15.4. The number of likely N-dealkylation sites (tertiary alicyclic amines) is 1. The Kier molecular flexibility index (Phi) is 5.47. The number of nitrogens with zero attached hydrogens (tertiary/aromatic N) is 2. The number of rotatable bonds is 4. The van der Waals surface area contributed by atoms with Crippen LogP contribution >= 0.6 is 11.3 Å². The van der Waals surface area contributed by atoms with E-state index in [1.165, 1.54) is 19.3 Å². The third-order valence-electron chi connectivity index (χ3n) is 5.24. The summed E-state index contributed by atoms with van der Waals surface area (Å²) in [6.45, 7) is 5.38. The minimum absolute atomic E-state index is 0.224. The summed E-state index contributed by atoms with van der Waals surface area (Å²) in [6, 6.07) is 0.224. The fourth-order valence-electron chi connectivity index (χ4n) is 3.86. The van der Waals surface area contributed by atoms with E-state index in [2.05, 4.69) is 22.1 Å². The number of amides is 1. The molecule has 0 aliphatic carbocycles. The normalized spacial score (nSPS) is 25.1. The van der Waals surface area contributed by atoms with Crippen LogP contribution in [0.3, 0.4) is 0 Å². The van der Waals surface area contributed by atoms with Crippen molar-refractivity contribution in [2.75, 3.05) is 19.6 Å². The van der Waals surface area contributed by atoms with Crippen LogP contribution in [0.5, 0.6) is 0 Å². The van der Waals surface area contributed by atoms with Gasteiger partial charge >= 0.3 is 0 Å². The zero-order valence-electron chi connectivity index (χ0n) is 13.5. The summed E-state index contributed by atoms with van der Waals surface area (Å²) in [4.78, 5) is 19.4. The molecule has 0 spiro atoms. The van der Waals surface area contributed by atoms with Gasteiger partial charge in [0.15, 0.2) is 0 Å². The molecule has 22 heavy (non-hydrogen) atoms. The molecule has 2 atom stereocenters. The van der Waals surface area contributed by atoms with E-state index in [9.17, 15) is 4.79 Å². The lowest BCUT2D eigenvalue weighted by Crippen LogP contribution is -2.40. The predicted molar refractivity (Wildman–Crippen MR) is 89.8 cm³/mol. The third-order valence-corrected chi connectivity index (χ3v) is 6.12. The molecule has 122 valence electrons. The molecular weight excluding hydrogens is 294 g/mol. The molecular formula is C17H27N3OS. The second-order valence-corrected chi connectivity index (χ2v) is 7.66. The highest BCUT2D eigenvalue weighted by Crippen LogP contribution is 2.34. The van der Waals surface area contributed by atoms with Gasteiger partial charge in [-0.05, 0) is 57.0 Å². The summed E-state index contributed by atoms with van der Waals surface area (Å²) in [6.07, 6.45) is 8.39. The highest BCUT2D eigenvalue weighted by molar-refractivity contribution is 7.09. The molecule has 0 radical (unpaired) electrons. The smallest absolute Gasteiger partial charge is 0.223 e. The number of hydrogen-bond acceptors (Lipinski definition) is 4. The number of hydrogen-bond donors (Lipinski definition) is 1. The summed E-state index contributed by atoms with van der Waals surface area (Å²) in [5.41, 5.74) is 0. The minimum atomic E-state index is 0.224. The monoisotopic (exact) mass is 321 g/mol. The van der Waals surface area contributed by atoms with Gasteiger partial charge in [-0.15, -0.1) is 11.3 Å². The van der Waals surface area contributed by atoms with E-state index in [-0.39, 0.29) is 6.04 Å². The average Bonchev–Trinajstić information content (AvgIpc) is 3.10. The Balaban J connectivity index is 1.61. The van der Waals surface area contributed by atoms with Crippen molar-refractivity contribution >= 4 is 17.2 Å². The number of piperidine rings is 2. The molecule has 3 rings (SSSR count). The van der Waals surface area contributed by atoms with E-state index < -0.39 is 0 Å². The van der Waals surface area contributed by atoms with Crippen LogP contribution in [0.15, 0.2) is 11.6 Å². The first-order valence-electron chi connectivity index (χ1n) is 8.65. The first-order valence-corrected chi connectivity index (χ1v) is 9.53. The van der Waals surface area contributed by atoms with Crippen molar-refractivity contribution in [1.82, 2.24) is 15.2 Å². The molecule has 2 aliphatic rings. The van der Waals surface area contributed by atoms with Crippen molar-refractivity contribution in [2.24, 2.45) is 11.8 Å². The summed E-state index contributed by atoms with van der Waals surface area (Å²) < 4.78 is 0. The summed E-state index contributed by atoms with van der Waals surface area (Å²) >= 11 is 1.68. The molecule has 0 saturated carbocycles. The van der Waals surface area contributed by atoms with Gasteiger partial charge in [-0.25, -0.2) is 4.98 Å². The van der Waals surface area contributed by atoms with Crippen LogP contribution in [0.4, 0.5) is 0 Å². The molecule has 1 amide bonds. The van der Waals surface area contributed by atoms with Crippen LogP contribution in [0.1, 0.15) is 56.5 Å². The lowest BCUT2D eigenvalue weighted by molar-refractivity contribution is -0.136. The van der Waals surface area contributed by atoms with Crippen LogP contribution in [0, 0.1) is 11.8 Å². The first kappa shape index (κ1) is 15.9. The molecule has 2 saturated heterocycles. The molecule has 2 fully saturated rings. The second-order valence-electron chi connectivity index (χ2n) is 6.74. The molecule has 0 aromatic carbocycles. The molecule has 4 nitrogen and oxygen atoms in total. The van der Waals surface area contributed by atoms with E-state index in [0.717, 1.165) is 37.5 Å². The standard InChI is InChI=1S/C17H27N3OS/c1-13(14-5-7-18-8-6-14)12-16(21)20-10-3-2-4-15(20)17-19-9-11-22-17/h9,11,13-15,18H,2-8,10,12H2,1H3. The predicted octanol–water partition coefficient (Wildman–Crippen LogP) is 3.22. The Hall–Kier alpha value is -0.940. The third kappa shape index (κ3) is 3.69. The Morgan fingerprint density at radius 1 is 1.41 bits per heavy atom. The van der Waals surface area contributed by atoms with Gasteiger partial charge in [0.25, 0.3) is 0 Å². The lowest BCUT2D eigenvalue weighted by Gasteiger charge is -2.36. The van der Waals surface area contributed by atoms with Crippen molar-refractivity contribution in [3.8, 4) is 0 Å². The molecule has 5 heteroatoms. The molecule has 1 N–H and O–H groups in total. The van der Waals surface area contributed by atoms with E-state index >= 15 is 0 Å². The molecule has 0 bridgehead atoms. The van der Waals surface area contributed by atoms with Gasteiger partial charge in [-0.2, -0.15) is 0 Å². The first-order chi connectivity index (χ1) is 10.8. The molecule has 1 aromatic rings. The average molecular weight is 321 g/mol. The Morgan fingerprint density at radius 3 is 2.95 bits per heavy atom. The summed E-state index contributed by atoms with van der Waals surface area (Å²) in [5.74, 6) is 1.53. The fraction of sp³-hybridized carbons (Fsp3) is 0.765. The number of aromatic nitrogens is 1. The summed E-state index contributed by atoms with van der Waals surface area (Å²) in [5, 5.41) is 6.54. The number of nitrogens with one attached hydrogen (secondary N) is 1. The van der Waals surface area contributed by atoms with Crippen LogP contribution < -0.4 is 5.32 Å². The van der Waals surface area contributed by atoms with Gasteiger partial charge < -0.3 is 10.2 Å². The minimum Gasteiger partial charge on any atom is -0.333 e. The zero-order valence-corrected chi connectivity index (χ0v) is 14.3. The van der Waals surface area contributed by atoms with Crippen LogP contribution in [0.2, 0.25) is 0 Å². The highest BCUT2D eigenvalue weighted by Gasteiger charge is 2.31. The van der Waals surface area contributed by atoms with Crippen LogP contribution in [0.25, 0.3) is 0 Å². The van der Waals surface area contributed by atoms with E-state index in [4.69, 9.17) is 0 Å². The number of thiazole rings is 1. The second kappa shape index (κ2) is 7.55. The van der Waals surface area contributed by atoms with Crippen molar-refractivity contribution in [3.05, 3.63) is 16.6 Å². The van der Waals surface area contributed by atoms with Gasteiger partial charge in [0.05, 0.1) is 6.04 Å². The van der Waals surface area contributed by atoms with Crippen LogP contribution in [-0.2, 0) is 4.79 Å². The van der Waals surface area contributed by atoms with Gasteiger partial charge in [0.2, 0.25) is 5.91 Å².